The van der Waals surface area contributed by atoms with Crippen LogP contribution in [0.2, 0.25) is 0 Å². The molecule has 9 heteroatoms. The smallest absolute Gasteiger partial charge is 0.267 e. The molecule has 0 aliphatic heterocycles. The summed E-state index contributed by atoms with van der Waals surface area (Å²) in [5, 5.41) is 8.55. The van der Waals surface area contributed by atoms with Crippen LogP contribution in [0.25, 0.3) is 17.1 Å². The van der Waals surface area contributed by atoms with Crippen LogP contribution < -0.4 is 10.2 Å². The SMILES string of the molecule is CCn1c(CCNS(=O)(=O)c2ccccc2)nc2cc(C=CC(=O)NO)ccc21. The zero-order valence-corrected chi connectivity index (χ0v) is 16.7. The number of amides is 1. The molecule has 0 saturated heterocycles. The zero-order valence-electron chi connectivity index (χ0n) is 15.9. The highest BCUT2D eigenvalue weighted by atomic mass is 32.2. The summed E-state index contributed by atoms with van der Waals surface area (Å²) >= 11 is 0. The lowest BCUT2D eigenvalue weighted by Gasteiger charge is -2.08. The lowest BCUT2D eigenvalue weighted by molar-refractivity contribution is -0.124. The fourth-order valence-corrected chi connectivity index (χ4v) is 4.09. The van der Waals surface area contributed by atoms with Crippen molar-refractivity contribution in [2.24, 2.45) is 0 Å². The number of hydrogen-bond donors (Lipinski definition) is 3. The van der Waals surface area contributed by atoms with E-state index in [4.69, 9.17) is 5.21 Å². The second-order valence-corrected chi connectivity index (χ2v) is 8.06. The van der Waals surface area contributed by atoms with Gasteiger partial charge in [-0.15, -0.1) is 0 Å². The molecule has 29 heavy (non-hydrogen) atoms. The summed E-state index contributed by atoms with van der Waals surface area (Å²) in [6.07, 6.45) is 3.23. The maximum atomic E-state index is 12.3. The first kappa shape index (κ1) is 20.7. The van der Waals surface area contributed by atoms with Crippen LogP contribution in [0.4, 0.5) is 0 Å². The van der Waals surface area contributed by atoms with Crippen molar-refractivity contribution in [3.63, 3.8) is 0 Å². The number of carbonyl (C=O) groups is 1. The van der Waals surface area contributed by atoms with Gasteiger partial charge >= 0.3 is 0 Å². The molecule has 8 nitrogen and oxygen atoms in total. The van der Waals surface area contributed by atoms with Crippen LogP contribution in [0.1, 0.15) is 18.3 Å². The Bertz CT molecular complexity index is 1140. The van der Waals surface area contributed by atoms with Crippen LogP contribution in [0.15, 0.2) is 59.5 Å². The molecule has 0 fully saturated rings. The highest BCUT2D eigenvalue weighted by Crippen LogP contribution is 2.19. The van der Waals surface area contributed by atoms with Gasteiger partial charge in [-0.05, 0) is 42.8 Å². The minimum Gasteiger partial charge on any atom is -0.328 e. The number of nitrogens with one attached hydrogen (secondary N) is 2. The molecule has 3 aromatic rings. The third kappa shape index (κ3) is 4.89. The van der Waals surface area contributed by atoms with Crippen molar-refractivity contribution in [3.05, 3.63) is 66.0 Å². The standard InChI is InChI=1S/C20H22N4O4S/c1-2-24-18-10-8-15(9-11-20(25)23-26)14-17(18)22-19(24)12-13-21-29(27,28)16-6-4-3-5-7-16/h3-11,14,21,26H,2,12-13H2,1H3,(H,23,25). The van der Waals surface area contributed by atoms with E-state index in [0.29, 0.717) is 13.0 Å². The van der Waals surface area contributed by atoms with Crippen LogP contribution in [0, 0.1) is 0 Å². The van der Waals surface area contributed by atoms with Crippen molar-refractivity contribution in [1.82, 2.24) is 19.8 Å². The van der Waals surface area contributed by atoms with Crippen molar-refractivity contribution >= 4 is 33.0 Å². The average molecular weight is 414 g/mol. The molecule has 0 unspecified atom stereocenters. The van der Waals surface area contributed by atoms with Crippen LogP contribution >= 0.6 is 0 Å². The van der Waals surface area contributed by atoms with Crippen molar-refractivity contribution in [2.45, 2.75) is 24.8 Å². The summed E-state index contributed by atoms with van der Waals surface area (Å²) in [4.78, 5) is 16.0. The fraction of sp³-hybridized carbons (Fsp3) is 0.200. The van der Waals surface area contributed by atoms with Crippen LogP contribution in [0.5, 0.6) is 0 Å². The number of benzene rings is 2. The van der Waals surface area contributed by atoms with Crippen molar-refractivity contribution in [1.29, 1.82) is 0 Å². The van der Waals surface area contributed by atoms with E-state index >= 15 is 0 Å². The highest BCUT2D eigenvalue weighted by molar-refractivity contribution is 7.89. The Hall–Kier alpha value is -3.01. The number of carbonyl (C=O) groups excluding carboxylic acids is 1. The number of imidazole rings is 1. The predicted molar refractivity (Wildman–Crippen MR) is 110 cm³/mol. The summed E-state index contributed by atoms with van der Waals surface area (Å²) < 4.78 is 29.3. The first-order chi connectivity index (χ1) is 13.9. The van der Waals surface area contributed by atoms with E-state index in [9.17, 15) is 13.2 Å². The van der Waals surface area contributed by atoms with Gasteiger partial charge in [0, 0.05) is 25.6 Å². The number of aromatic nitrogens is 2. The third-order valence-electron chi connectivity index (χ3n) is 4.40. The highest BCUT2D eigenvalue weighted by Gasteiger charge is 2.14. The normalized spacial score (nSPS) is 11.9. The quantitative estimate of drug-likeness (QED) is 0.297. The van der Waals surface area contributed by atoms with Gasteiger partial charge in [-0.2, -0.15) is 0 Å². The molecule has 1 amide bonds. The monoisotopic (exact) mass is 414 g/mol. The third-order valence-corrected chi connectivity index (χ3v) is 5.88. The van der Waals surface area contributed by atoms with Crippen molar-refractivity contribution in [3.8, 4) is 0 Å². The molecule has 2 aromatic carbocycles. The maximum Gasteiger partial charge on any atom is 0.267 e. The molecular formula is C20H22N4O4S. The molecule has 152 valence electrons. The number of aryl methyl sites for hydroxylation is 1. The van der Waals surface area contributed by atoms with Gasteiger partial charge in [-0.25, -0.2) is 23.6 Å². The lowest BCUT2D eigenvalue weighted by atomic mass is 10.2. The molecule has 0 radical (unpaired) electrons. The van der Waals surface area contributed by atoms with E-state index in [2.05, 4.69) is 9.71 Å². The van der Waals surface area contributed by atoms with Gasteiger partial charge in [0.25, 0.3) is 5.91 Å². The van der Waals surface area contributed by atoms with Crippen LogP contribution in [-0.4, -0.2) is 35.6 Å². The Morgan fingerprint density at radius 2 is 1.97 bits per heavy atom. The Balaban J connectivity index is 1.77. The van der Waals surface area contributed by atoms with Crippen LogP contribution in [0.3, 0.4) is 0 Å². The van der Waals surface area contributed by atoms with Gasteiger partial charge in [0.2, 0.25) is 10.0 Å². The minimum absolute atomic E-state index is 0.226. The second kappa shape index (κ2) is 8.99. The lowest BCUT2D eigenvalue weighted by Crippen LogP contribution is -2.26. The number of nitrogens with zero attached hydrogens (tertiary/aromatic N) is 2. The molecular weight excluding hydrogens is 392 g/mol. The average Bonchev–Trinajstić information content (AvgIpc) is 3.08. The van der Waals surface area contributed by atoms with Gasteiger partial charge in [0.05, 0.1) is 15.9 Å². The fourth-order valence-electron chi connectivity index (χ4n) is 3.03. The zero-order chi connectivity index (χ0) is 20.9. The van der Waals surface area contributed by atoms with Gasteiger partial charge in [-0.3, -0.25) is 10.0 Å². The van der Waals surface area contributed by atoms with E-state index in [-0.39, 0.29) is 11.4 Å². The molecule has 0 bridgehead atoms. The van der Waals surface area contributed by atoms with Gasteiger partial charge < -0.3 is 4.57 Å². The molecule has 0 aliphatic carbocycles. The maximum absolute atomic E-state index is 12.3. The summed E-state index contributed by atoms with van der Waals surface area (Å²) in [6.45, 7) is 2.92. The van der Waals surface area contributed by atoms with E-state index in [0.717, 1.165) is 22.4 Å². The molecule has 3 rings (SSSR count). The van der Waals surface area contributed by atoms with Gasteiger partial charge in [0.1, 0.15) is 5.82 Å². The first-order valence-corrected chi connectivity index (χ1v) is 10.6. The topological polar surface area (TPSA) is 113 Å². The van der Waals surface area contributed by atoms with Crippen LogP contribution in [-0.2, 0) is 27.8 Å². The number of hydrogen-bond acceptors (Lipinski definition) is 5. The van der Waals surface area contributed by atoms with Crippen molar-refractivity contribution < 1.29 is 18.4 Å². The van der Waals surface area contributed by atoms with E-state index in [1.165, 1.54) is 6.08 Å². The Kier molecular flexibility index (Phi) is 6.42. The minimum atomic E-state index is -3.56. The first-order valence-electron chi connectivity index (χ1n) is 9.10. The van der Waals surface area contributed by atoms with E-state index in [1.807, 2.05) is 29.7 Å². The predicted octanol–water partition coefficient (Wildman–Crippen LogP) is 2.10. The molecule has 1 heterocycles. The van der Waals surface area contributed by atoms with E-state index < -0.39 is 15.9 Å². The van der Waals surface area contributed by atoms with Gasteiger partial charge in [-0.1, -0.05) is 24.3 Å². The molecule has 0 atom stereocenters. The molecule has 0 saturated carbocycles. The Morgan fingerprint density at radius 1 is 1.21 bits per heavy atom. The number of hydroxylamine groups is 1. The molecule has 0 aliphatic rings. The van der Waals surface area contributed by atoms with E-state index in [1.54, 1.807) is 41.9 Å². The number of sulfonamides is 1. The number of rotatable bonds is 8. The Labute approximate surface area is 168 Å². The Morgan fingerprint density at radius 3 is 2.66 bits per heavy atom. The second-order valence-electron chi connectivity index (χ2n) is 6.29. The molecule has 1 aromatic heterocycles. The number of fused-ring (bicyclic) bond motifs is 1. The summed E-state index contributed by atoms with van der Waals surface area (Å²) in [7, 11) is -3.56. The molecule has 3 N–H and O–H groups in total. The summed E-state index contributed by atoms with van der Waals surface area (Å²) in [5.41, 5.74) is 3.98. The van der Waals surface area contributed by atoms with Gasteiger partial charge in [0.15, 0.2) is 0 Å². The van der Waals surface area contributed by atoms with Crippen molar-refractivity contribution in [2.75, 3.05) is 6.54 Å². The largest absolute Gasteiger partial charge is 0.328 e. The summed E-state index contributed by atoms with van der Waals surface area (Å²) in [5.74, 6) is 0.156. The summed E-state index contributed by atoms with van der Waals surface area (Å²) in [6, 6.07) is 13.8. The molecule has 0 spiro atoms.